The van der Waals surface area contributed by atoms with Crippen molar-refractivity contribution in [2.75, 3.05) is 6.54 Å². The second kappa shape index (κ2) is 6.97. The van der Waals surface area contributed by atoms with Crippen molar-refractivity contribution >= 4 is 34.2 Å². The van der Waals surface area contributed by atoms with Crippen LogP contribution in [0.3, 0.4) is 0 Å². The van der Waals surface area contributed by atoms with Gasteiger partial charge in [0.05, 0.1) is 10.5 Å². The molecule has 1 fully saturated rings. The van der Waals surface area contributed by atoms with Gasteiger partial charge in [-0.25, -0.2) is 0 Å². The molecule has 18 heavy (non-hydrogen) atoms. The van der Waals surface area contributed by atoms with Crippen LogP contribution in [0, 0.1) is 0 Å². The topological polar surface area (TPSA) is 61.4 Å². The third kappa shape index (κ3) is 3.86. The Morgan fingerprint density at radius 1 is 1.56 bits per heavy atom. The molecule has 0 spiro atoms. The fourth-order valence-corrected chi connectivity index (χ4v) is 2.31. The Morgan fingerprint density at radius 2 is 2.33 bits per heavy atom. The number of aromatic hydroxyl groups is 1. The van der Waals surface area contributed by atoms with E-state index < -0.39 is 0 Å². The lowest BCUT2D eigenvalue weighted by molar-refractivity contribution is -0.122. The van der Waals surface area contributed by atoms with Crippen molar-refractivity contribution in [2.45, 2.75) is 25.4 Å². The lowest BCUT2D eigenvalue weighted by atomic mass is 10.2. The fourth-order valence-electron chi connectivity index (χ4n) is 1.88. The summed E-state index contributed by atoms with van der Waals surface area (Å²) < 4.78 is 0.642. The van der Waals surface area contributed by atoms with Gasteiger partial charge in [-0.15, -0.1) is 12.4 Å². The summed E-state index contributed by atoms with van der Waals surface area (Å²) in [5, 5.41) is 15.4. The number of amides is 1. The molecule has 0 aliphatic carbocycles. The molecule has 0 radical (unpaired) electrons. The molecule has 3 N–H and O–H groups in total. The molecule has 1 amide bonds. The molecule has 4 nitrogen and oxygen atoms in total. The average Bonchev–Trinajstić information content (AvgIpc) is 2.84. The Hall–Kier alpha value is -0.780. The van der Waals surface area contributed by atoms with E-state index in [9.17, 15) is 9.90 Å². The molecule has 0 aromatic heterocycles. The first-order valence-electron chi connectivity index (χ1n) is 5.65. The molecule has 1 aromatic rings. The largest absolute Gasteiger partial charge is 0.507 e. The van der Waals surface area contributed by atoms with Crippen molar-refractivity contribution in [1.82, 2.24) is 10.6 Å². The number of halogens is 2. The highest BCUT2D eigenvalue weighted by molar-refractivity contribution is 9.10. The standard InChI is InChI=1S/C12H15BrN2O2.ClH/c13-9-6-8(3-4-11(9)16)7-15-12(17)10-2-1-5-14-10;/h3-4,6,10,14,16H,1-2,5,7H2,(H,15,17);1H. The third-order valence-corrected chi connectivity index (χ3v) is 3.49. The molecule has 1 aliphatic rings. The number of rotatable bonds is 3. The number of carbonyl (C=O) groups is 1. The molecule has 2 rings (SSSR count). The van der Waals surface area contributed by atoms with Gasteiger partial charge in [-0.2, -0.15) is 0 Å². The highest BCUT2D eigenvalue weighted by atomic mass is 79.9. The van der Waals surface area contributed by atoms with Gasteiger partial charge in [0.2, 0.25) is 5.91 Å². The lowest BCUT2D eigenvalue weighted by Crippen LogP contribution is -2.39. The number of phenolic OH excluding ortho intramolecular Hbond substituents is 1. The van der Waals surface area contributed by atoms with E-state index in [0.29, 0.717) is 11.0 Å². The van der Waals surface area contributed by atoms with Crippen molar-refractivity contribution in [3.05, 3.63) is 28.2 Å². The smallest absolute Gasteiger partial charge is 0.237 e. The SMILES string of the molecule is Cl.O=C(NCc1ccc(O)c(Br)c1)C1CCCN1. The number of hydrogen-bond donors (Lipinski definition) is 3. The first-order valence-corrected chi connectivity index (χ1v) is 6.44. The summed E-state index contributed by atoms with van der Waals surface area (Å²) >= 11 is 3.24. The van der Waals surface area contributed by atoms with Crippen LogP contribution in [0.5, 0.6) is 5.75 Å². The Labute approximate surface area is 121 Å². The van der Waals surface area contributed by atoms with Crippen LogP contribution >= 0.6 is 28.3 Å². The highest BCUT2D eigenvalue weighted by Crippen LogP contribution is 2.24. The van der Waals surface area contributed by atoms with Gasteiger partial charge >= 0.3 is 0 Å². The second-order valence-electron chi connectivity index (χ2n) is 4.15. The van der Waals surface area contributed by atoms with Crippen LogP contribution in [0.1, 0.15) is 18.4 Å². The van der Waals surface area contributed by atoms with E-state index in [0.717, 1.165) is 24.9 Å². The van der Waals surface area contributed by atoms with Gasteiger partial charge in [-0.1, -0.05) is 6.07 Å². The van der Waals surface area contributed by atoms with Gasteiger partial charge in [0.15, 0.2) is 0 Å². The zero-order valence-corrected chi connectivity index (χ0v) is 12.2. The first-order chi connectivity index (χ1) is 8.16. The molecular weight excluding hydrogens is 320 g/mol. The average molecular weight is 336 g/mol. The zero-order valence-electron chi connectivity index (χ0n) is 9.78. The molecule has 6 heteroatoms. The van der Waals surface area contributed by atoms with E-state index in [-0.39, 0.29) is 30.1 Å². The van der Waals surface area contributed by atoms with Crippen molar-refractivity contribution in [2.24, 2.45) is 0 Å². The van der Waals surface area contributed by atoms with Crippen molar-refractivity contribution in [1.29, 1.82) is 0 Å². The number of phenols is 1. The van der Waals surface area contributed by atoms with Crippen molar-refractivity contribution in [3.63, 3.8) is 0 Å². The summed E-state index contributed by atoms with van der Waals surface area (Å²) in [6, 6.07) is 5.16. The maximum Gasteiger partial charge on any atom is 0.237 e. The molecule has 1 atom stereocenters. The maximum atomic E-state index is 11.7. The van der Waals surface area contributed by atoms with E-state index in [4.69, 9.17) is 0 Å². The van der Waals surface area contributed by atoms with Crippen molar-refractivity contribution in [3.8, 4) is 5.75 Å². The van der Waals surface area contributed by atoms with Crippen LogP contribution in [-0.4, -0.2) is 23.6 Å². The normalized spacial score (nSPS) is 18.2. The van der Waals surface area contributed by atoms with Gasteiger partial charge in [0.25, 0.3) is 0 Å². The minimum Gasteiger partial charge on any atom is -0.507 e. The fraction of sp³-hybridized carbons (Fsp3) is 0.417. The van der Waals surface area contributed by atoms with Crippen LogP contribution in [0.15, 0.2) is 22.7 Å². The van der Waals surface area contributed by atoms with Crippen LogP contribution in [0.25, 0.3) is 0 Å². The third-order valence-electron chi connectivity index (χ3n) is 2.86. The highest BCUT2D eigenvalue weighted by Gasteiger charge is 2.21. The molecular formula is C12H16BrClN2O2. The van der Waals surface area contributed by atoms with Gasteiger partial charge in [-0.05, 0) is 53.0 Å². The Morgan fingerprint density at radius 3 is 2.94 bits per heavy atom. The molecule has 1 aromatic carbocycles. The van der Waals surface area contributed by atoms with Gasteiger partial charge in [0, 0.05) is 6.54 Å². The van der Waals surface area contributed by atoms with Crippen LogP contribution in [0.4, 0.5) is 0 Å². The zero-order chi connectivity index (χ0) is 12.3. The molecule has 1 heterocycles. The maximum absolute atomic E-state index is 11.7. The van der Waals surface area contributed by atoms with Crippen LogP contribution in [0.2, 0.25) is 0 Å². The van der Waals surface area contributed by atoms with Crippen molar-refractivity contribution < 1.29 is 9.90 Å². The number of carbonyl (C=O) groups excluding carboxylic acids is 1. The Balaban J connectivity index is 0.00000162. The summed E-state index contributed by atoms with van der Waals surface area (Å²) in [7, 11) is 0. The van der Waals surface area contributed by atoms with Crippen LogP contribution in [-0.2, 0) is 11.3 Å². The molecule has 1 aliphatic heterocycles. The predicted octanol–water partition coefficient (Wildman–Crippen LogP) is 1.94. The molecule has 1 saturated heterocycles. The monoisotopic (exact) mass is 334 g/mol. The number of hydrogen-bond acceptors (Lipinski definition) is 3. The molecule has 100 valence electrons. The predicted molar refractivity (Wildman–Crippen MR) is 75.9 cm³/mol. The minimum absolute atomic E-state index is 0. The number of nitrogens with one attached hydrogen (secondary N) is 2. The first kappa shape index (κ1) is 15.3. The molecule has 0 saturated carbocycles. The Bertz CT molecular complexity index is 423. The molecule has 0 bridgehead atoms. The van der Waals surface area contributed by atoms with Crippen LogP contribution < -0.4 is 10.6 Å². The quantitative estimate of drug-likeness (QED) is 0.791. The summed E-state index contributed by atoms with van der Waals surface area (Å²) in [6.45, 7) is 1.40. The summed E-state index contributed by atoms with van der Waals surface area (Å²) in [5.74, 6) is 0.254. The second-order valence-corrected chi connectivity index (χ2v) is 5.01. The van der Waals surface area contributed by atoms with Gasteiger partial charge < -0.3 is 15.7 Å². The minimum atomic E-state index is -0.0458. The number of benzene rings is 1. The van der Waals surface area contributed by atoms with E-state index in [1.807, 2.05) is 0 Å². The van der Waals surface area contributed by atoms with E-state index in [2.05, 4.69) is 26.6 Å². The molecule has 1 unspecified atom stereocenters. The Kier molecular flexibility index (Phi) is 5.91. The lowest BCUT2D eigenvalue weighted by Gasteiger charge is -2.11. The van der Waals surface area contributed by atoms with E-state index in [1.54, 1.807) is 18.2 Å². The summed E-state index contributed by atoms with van der Waals surface area (Å²) in [5.41, 5.74) is 0.959. The summed E-state index contributed by atoms with van der Waals surface area (Å²) in [6.07, 6.45) is 1.97. The van der Waals surface area contributed by atoms with E-state index >= 15 is 0 Å². The van der Waals surface area contributed by atoms with Gasteiger partial charge in [0.1, 0.15) is 5.75 Å². The van der Waals surface area contributed by atoms with E-state index in [1.165, 1.54) is 0 Å². The summed E-state index contributed by atoms with van der Waals surface area (Å²) in [4.78, 5) is 11.7. The van der Waals surface area contributed by atoms with Gasteiger partial charge in [-0.3, -0.25) is 4.79 Å².